The minimum atomic E-state index is -0.0736. The maximum Gasteiger partial charge on any atom is 0.253 e. The molecule has 30 heavy (non-hydrogen) atoms. The summed E-state index contributed by atoms with van der Waals surface area (Å²) in [5.74, 6) is -0.145. The van der Waals surface area contributed by atoms with Crippen LogP contribution in [0.3, 0.4) is 0 Å². The number of rotatable bonds is 14. The molecule has 2 amide bonds. The predicted octanol–water partition coefficient (Wildman–Crippen LogP) is 4.31. The van der Waals surface area contributed by atoms with Crippen LogP contribution < -0.4 is 22.1 Å². The second kappa shape index (κ2) is 16.0. The highest BCUT2D eigenvalue weighted by atomic mass is 127. The quantitative estimate of drug-likeness (QED) is 0.129. The summed E-state index contributed by atoms with van der Waals surface area (Å²) < 4.78 is 2.50. The second-order valence-corrected chi connectivity index (χ2v) is 10.5. The van der Waals surface area contributed by atoms with Crippen LogP contribution in [0, 0.1) is 17.6 Å². The van der Waals surface area contributed by atoms with E-state index in [2.05, 4.69) is 78.4 Å². The first-order chi connectivity index (χ1) is 14.4. The number of hydrogen-bond donors (Lipinski definition) is 4. The van der Waals surface area contributed by atoms with Gasteiger partial charge in [-0.25, -0.2) is 0 Å². The summed E-state index contributed by atoms with van der Waals surface area (Å²) in [6.45, 7) is 4.65. The van der Waals surface area contributed by atoms with Crippen LogP contribution in [0.15, 0.2) is 0 Å². The van der Waals surface area contributed by atoms with Crippen molar-refractivity contribution in [3.05, 3.63) is 27.4 Å². The first-order valence-corrected chi connectivity index (χ1v) is 13.7. The minimum absolute atomic E-state index is 0.0709. The molecule has 170 valence electrons. The molecule has 0 saturated heterocycles. The van der Waals surface area contributed by atoms with Crippen molar-refractivity contribution in [3.63, 3.8) is 0 Å². The molecule has 0 aromatic heterocycles. The Bertz CT molecular complexity index is 626. The molecule has 0 aliphatic carbocycles. The lowest BCUT2D eigenvalue weighted by Crippen LogP contribution is -2.30. The maximum atomic E-state index is 12.8. The zero-order valence-electron chi connectivity index (χ0n) is 17.6. The molecule has 6 nitrogen and oxygen atoms in total. The molecule has 0 unspecified atom stereocenters. The average Bonchev–Trinajstić information content (AvgIpc) is 2.72. The number of nitrogens with two attached hydrogens (primary N) is 2. The molecule has 0 aliphatic heterocycles. The molecule has 1 aromatic rings. The van der Waals surface area contributed by atoms with Gasteiger partial charge < -0.3 is 22.1 Å². The lowest BCUT2D eigenvalue weighted by molar-refractivity contribution is 0.0938. The normalized spacial score (nSPS) is 10.9. The predicted molar refractivity (Wildman–Crippen MR) is 149 cm³/mol. The van der Waals surface area contributed by atoms with Gasteiger partial charge in [0.1, 0.15) is 0 Å². The number of benzene rings is 1. The Morgan fingerprint density at radius 1 is 0.667 bits per heavy atom. The van der Waals surface area contributed by atoms with Crippen molar-refractivity contribution >= 4 is 79.6 Å². The van der Waals surface area contributed by atoms with Crippen molar-refractivity contribution in [2.24, 2.45) is 11.5 Å². The Morgan fingerprint density at radius 3 is 1.53 bits per heavy atom. The van der Waals surface area contributed by atoms with Crippen molar-refractivity contribution in [1.82, 2.24) is 10.6 Å². The van der Waals surface area contributed by atoms with Crippen molar-refractivity contribution in [2.75, 3.05) is 26.2 Å². The fourth-order valence-electron chi connectivity index (χ4n) is 3.07. The molecule has 0 fully saturated rings. The molecule has 0 atom stereocenters. The van der Waals surface area contributed by atoms with Gasteiger partial charge in [0.25, 0.3) is 11.8 Å². The zero-order chi connectivity index (χ0) is 22.5. The van der Waals surface area contributed by atoms with Gasteiger partial charge in [0, 0.05) is 23.8 Å². The Balaban J connectivity index is 2.78. The average molecular weight is 754 g/mol. The smallest absolute Gasteiger partial charge is 0.253 e. The van der Waals surface area contributed by atoms with E-state index in [9.17, 15) is 9.59 Å². The van der Waals surface area contributed by atoms with Crippen LogP contribution >= 0.6 is 67.8 Å². The number of unbranched alkanes of at least 4 members (excludes halogenated alkanes) is 6. The van der Waals surface area contributed by atoms with Gasteiger partial charge in [-0.1, -0.05) is 25.7 Å². The van der Waals surface area contributed by atoms with E-state index in [1.165, 1.54) is 0 Å². The molecule has 0 saturated carbocycles. The molecule has 1 aromatic carbocycles. The number of amides is 2. The van der Waals surface area contributed by atoms with Crippen LogP contribution in [0.25, 0.3) is 0 Å². The van der Waals surface area contributed by atoms with E-state index in [4.69, 9.17) is 11.5 Å². The molecule has 0 aliphatic rings. The number of nitrogens with one attached hydrogen (secondary N) is 2. The van der Waals surface area contributed by atoms with Gasteiger partial charge in [0.05, 0.1) is 11.1 Å². The number of halogens is 3. The van der Waals surface area contributed by atoms with E-state index in [1.807, 2.05) is 6.92 Å². The summed E-state index contributed by atoms with van der Waals surface area (Å²) >= 11 is 6.55. The largest absolute Gasteiger partial charge is 0.352 e. The van der Waals surface area contributed by atoms with Gasteiger partial charge in [-0.3, -0.25) is 9.59 Å². The van der Waals surface area contributed by atoms with Gasteiger partial charge in [-0.05, 0) is 119 Å². The SMILES string of the molecule is Cc1c(I)c(C(=O)NCCCCCCN)c(I)c(I)c1C(=O)NCCCCCCN. The molecule has 0 heterocycles. The van der Waals surface area contributed by atoms with Crippen LogP contribution in [-0.2, 0) is 0 Å². The van der Waals surface area contributed by atoms with Crippen LogP contribution in [0.1, 0.15) is 77.6 Å². The van der Waals surface area contributed by atoms with Crippen LogP contribution in [-0.4, -0.2) is 38.0 Å². The first kappa shape index (κ1) is 28.3. The topological polar surface area (TPSA) is 110 Å². The molecule has 0 spiro atoms. The van der Waals surface area contributed by atoms with Gasteiger partial charge in [-0.15, -0.1) is 0 Å². The molecule has 1 rings (SSSR count). The summed E-state index contributed by atoms with van der Waals surface area (Å²) in [4.78, 5) is 25.6. The minimum Gasteiger partial charge on any atom is -0.352 e. The third-order valence-electron chi connectivity index (χ3n) is 4.84. The highest BCUT2D eigenvalue weighted by molar-refractivity contribution is 14.1. The van der Waals surface area contributed by atoms with E-state index in [-0.39, 0.29) is 11.8 Å². The third kappa shape index (κ3) is 9.02. The van der Waals surface area contributed by atoms with E-state index in [0.29, 0.717) is 30.8 Å². The lowest BCUT2D eigenvalue weighted by atomic mass is 10.0. The molecule has 9 heteroatoms. The summed E-state index contributed by atoms with van der Waals surface area (Å²) in [6, 6.07) is 0. The van der Waals surface area contributed by atoms with E-state index in [1.54, 1.807) is 0 Å². The Labute approximate surface area is 221 Å². The summed E-state index contributed by atoms with van der Waals surface area (Å²) in [5, 5.41) is 6.05. The molecule has 0 bridgehead atoms. The maximum absolute atomic E-state index is 12.8. The Morgan fingerprint density at radius 2 is 1.07 bits per heavy atom. The standard InChI is InChI=1S/C21H33I3N4O2/c1-14-15(20(29)27-12-8-4-2-6-10-25)18(23)19(24)16(17(14)22)21(30)28-13-9-5-3-7-11-26/h2-13,25-26H2,1H3,(H,27,29)(H,28,30). The number of carbonyl (C=O) groups is 2. The summed E-state index contributed by atoms with van der Waals surface area (Å²) in [5.41, 5.74) is 13.2. The fourth-order valence-corrected chi connectivity index (χ4v) is 6.08. The van der Waals surface area contributed by atoms with Crippen molar-refractivity contribution in [1.29, 1.82) is 0 Å². The van der Waals surface area contributed by atoms with Crippen molar-refractivity contribution in [3.8, 4) is 0 Å². The fraction of sp³-hybridized carbons (Fsp3) is 0.619. The highest BCUT2D eigenvalue weighted by Crippen LogP contribution is 2.31. The Hall–Kier alpha value is 0.270. The monoisotopic (exact) mass is 754 g/mol. The third-order valence-corrected chi connectivity index (χ3v) is 9.38. The van der Waals surface area contributed by atoms with Crippen LogP contribution in [0.5, 0.6) is 0 Å². The molecule has 0 radical (unpaired) electrons. The molecular formula is C21H33I3N4O2. The van der Waals surface area contributed by atoms with Crippen LogP contribution in [0.4, 0.5) is 0 Å². The van der Waals surface area contributed by atoms with Crippen LogP contribution in [0.2, 0.25) is 0 Å². The van der Waals surface area contributed by atoms with Gasteiger partial charge in [-0.2, -0.15) is 0 Å². The lowest BCUT2D eigenvalue weighted by Gasteiger charge is -2.17. The van der Waals surface area contributed by atoms with Gasteiger partial charge >= 0.3 is 0 Å². The molecular weight excluding hydrogens is 721 g/mol. The van der Waals surface area contributed by atoms with Crippen molar-refractivity contribution in [2.45, 2.75) is 58.3 Å². The number of carbonyl (C=O) groups excluding carboxylic acids is 2. The highest BCUT2D eigenvalue weighted by Gasteiger charge is 2.25. The van der Waals surface area contributed by atoms with E-state index in [0.717, 1.165) is 74.2 Å². The molecule has 6 N–H and O–H groups in total. The van der Waals surface area contributed by atoms with Gasteiger partial charge in [0.2, 0.25) is 0 Å². The summed E-state index contributed by atoms with van der Waals surface area (Å²) in [6.07, 6.45) is 8.26. The van der Waals surface area contributed by atoms with E-state index < -0.39 is 0 Å². The van der Waals surface area contributed by atoms with E-state index >= 15 is 0 Å². The Kier molecular flexibility index (Phi) is 15.1. The second-order valence-electron chi connectivity index (χ2n) is 7.23. The summed E-state index contributed by atoms with van der Waals surface area (Å²) in [7, 11) is 0. The number of hydrogen-bond acceptors (Lipinski definition) is 4. The van der Waals surface area contributed by atoms with Crippen molar-refractivity contribution < 1.29 is 9.59 Å². The van der Waals surface area contributed by atoms with Gasteiger partial charge in [0.15, 0.2) is 0 Å². The first-order valence-electron chi connectivity index (χ1n) is 10.5. The zero-order valence-corrected chi connectivity index (χ0v) is 24.1.